The van der Waals surface area contributed by atoms with Crippen molar-refractivity contribution in [3.8, 4) is 5.75 Å². The van der Waals surface area contributed by atoms with Crippen molar-refractivity contribution in [2.45, 2.75) is 56.7 Å². The summed E-state index contributed by atoms with van der Waals surface area (Å²) in [5.41, 5.74) is 2.72. The highest BCUT2D eigenvalue weighted by atomic mass is 16.5. The topological polar surface area (TPSA) is 49.7 Å². The minimum absolute atomic E-state index is 0.0783. The molecule has 2 aromatic carbocycles. The lowest BCUT2D eigenvalue weighted by atomic mass is 9.52. The largest absolute Gasteiger partial charge is 0.508 e. The number of methoxy groups -OCH3 is 1. The van der Waals surface area contributed by atoms with Crippen LogP contribution in [0.15, 0.2) is 54.6 Å². The summed E-state index contributed by atoms with van der Waals surface area (Å²) in [5.74, 6) is 1.67. The number of hydrogen-bond donors (Lipinski definition) is 2. The van der Waals surface area contributed by atoms with Gasteiger partial charge in [0.2, 0.25) is 0 Å². The molecule has 2 fully saturated rings. The van der Waals surface area contributed by atoms with Crippen LogP contribution in [0.4, 0.5) is 0 Å². The number of phenols is 1. The third-order valence-electron chi connectivity index (χ3n) is 8.53. The van der Waals surface area contributed by atoms with Crippen LogP contribution in [-0.4, -0.2) is 29.0 Å². The number of benzene rings is 2. The molecule has 3 heteroatoms. The first-order chi connectivity index (χ1) is 14.4. The molecule has 0 saturated heterocycles. The molecule has 3 nitrogen and oxygen atoms in total. The van der Waals surface area contributed by atoms with Crippen LogP contribution >= 0.6 is 0 Å². The van der Waals surface area contributed by atoms with Gasteiger partial charge in [-0.3, -0.25) is 0 Å². The lowest BCUT2D eigenvalue weighted by Crippen LogP contribution is -2.54. The maximum Gasteiger partial charge on any atom is 0.115 e. The molecule has 6 atom stereocenters. The molecule has 3 aliphatic carbocycles. The number of aryl methyl sites for hydroxylation is 1. The summed E-state index contributed by atoms with van der Waals surface area (Å²) < 4.78 is 6.08. The number of hydrogen-bond acceptors (Lipinski definition) is 3. The SMILES string of the molecule is COC1CC2(C)C(CC[C@@]2(O)C=Cc2ccccc2)C2CCc3cc(O)ccc3C12. The standard InChI is InChI=1S/C27H32O3/c1-26-17-24(30-2)25-21-11-9-20(28)16-19(21)8-10-22(25)23(26)13-15-27(26,29)14-12-18-6-4-3-5-7-18/h3-7,9,11-12,14,16,22-25,28-29H,8,10,13,15,17H2,1-2H3/t22?,23?,24?,25?,26?,27-/m0/s1. The predicted octanol–water partition coefficient (Wildman–Crippen LogP) is 5.32. The van der Waals surface area contributed by atoms with Crippen molar-refractivity contribution in [2.75, 3.05) is 7.11 Å². The Kier molecular flexibility index (Phi) is 4.79. The Balaban J connectivity index is 1.50. The Bertz CT molecular complexity index is 952. The van der Waals surface area contributed by atoms with Crippen molar-refractivity contribution in [1.82, 2.24) is 0 Å². The van der Waals surface area contributed by atoms with Crippen LogP contribution in [-0.2, 0) is 11.2 Å². The van der Waals surface area contributed by atoms with Gasteiger partial charge in [-0.15, -0.1) is 0 Å². The second-order valence-electron chi connectivity index (χ2n) is 9.82. The third kappa shape index (κ3) is 2.94. The Labute approximate surface area is 179 Å². The van der Waals surface area contributed by atoms with Crippen LogP contribution in [0, 0.1) is 17.3 Å². The minimum Gasteiger partial charge on any atom is -0.508 e. The van der Waals surface area contributed by atoms with E-state index in [0.29, 0.717) is 23.5 Å². The molecule has 0 amide bonds. The summed E-state index contributed by atoms with van der Waals surface area (Å²) in [4.78, 5) is 0. The number of phenolic OH excluding ortho intramolecular Hbond substituents is 1. The van der Waals surface area contributed by atoms with Crippen molar-refractivity contribution in [3.63, 3.8) is 0 Å². The normalized spacial score (nSPS) is 37.6. The van der Waals surface area contributed by atoms with Crippen molar-refractivity contribution < 1.29 is 14.9 Å². The number of aromatic hydroxyl groups is 1. The van der Waals surface area contributed by atoms with Crippen LogP contribution in [0.5, 0.6) is 5.75 Å². The lowest BCUT2D eigenvalue weighted by molar-refractivity contribution is -0.120. The van der Waals surface area contributed by atoms with Gasteiger partial charge in [-0.05, 0) is 72.8 Å². The van der Waals surface area contributed by atoms with Crippen LogP contribution in [0.3, 0.4) is 0 Å². The molecule has 0 heterocycles. The molecule has 0 aliphatic heterocycles. The number of ether oxygens (including phenoxy) is 1. The van der Waals surface area contributed by atoms with Gasteiger partial charge < -0.3 is 14.9 Å². The molecule has 2 aromatic rings. The first-order valence-corrected chi connectivity index (χ1v) is 11.3. The van der Waals surface area contributed by atoms with Gasteiger partial charge in [0, 0.05) is 18.4 Å². The van der Waals surface area contributed by atoms with Crippen LogP contribution in [0.1, 0.15) is 55.2 Å². The Morgan fingerprint density at radius 3 is 2.67 bits per heavy atom. The first kappa shape index (κ1) is 19.8. The van der Waals surface area contributed by atoms with Gasteiger partial charge in [-0.25, -0.2) is 0 Å². The van der Waals surface area contributed by atoms with E-state index < -0.39 is 5.60 Å². The lowest BCUT2D eigenvalue weighted by Gasteiger charge is -2.55. The second-order valence-corrected chi connectivity index (χ2v) is 9.82. The second kappa shape index (κ2) is 7.25. The monoisotopic (exact) mass is 404 g/mol. The van der Waals surface area contributed by atoms with E-state index in [4.69, 9.17) is 4.74 Å². The van der Waals surface area contributed by atoms with E-state index in [-0.39, 0.29) is 11.5 Å². The van der Waals surface area contributed by atoms with Crippen molar-refractivity contribution in [3.05, 3.63) is 71.3 Å². The fourth-order valence-electron chi connectivity index (χ4n) is 6.96. The van der Waals surface area contributed by atoms with Gasteiger partial charge >= 0.3 is 0 Å². The average molecular weight is 405 g/mol. The smallest absolute Gasteiger partial charge is 0.115 e. The first-order valence-electron chi connectivity index (χ1n) is 11.3. The maximum atomic E-state index is 11.9. The molecular formula is C27H32O3. The molecular weight excluding hydrogens is 372 g/mol. The Morgan fingerprint density at radius 1 is 1.10 bits per heavy atom. The molecule has 0 aromatic heterocycles. The maximum absolute atomic E-state index is 11.9. The average Bonchev–Trinajstić information content (AvgIpc) is 3.03. The molecule has 158 valence electrons. The molecule has 0 spiro atoms. The zero-order valence-corrected chi connectivity index (χ0v) is 17.9. The van der Waals surface area contributed by atoms with Gasteiger partial charge in [-0.1, -0.05) is 55.5 Å². The Morgan fingerprint density at radius 2 is 1.90 bits per heavy atom. The van der Waals surface area contributed by atoms with Crippen LogP contribution in [0.25, 0.3) is 6.08 Å². The predicted molar refractivity (Wildman–Crippen MR) is 119 cm³/mol. The van der Waals surface area contributed by atoms with Gasteiger partial charge in [0.05, 0.1) is 11.7 Å². The zero-order valence-electron chi connectivity index (χ0n) is 17.9. The number of aliphatic hydroxyl groups is 1. The van der Waals surface area contributed by atoms with E-state index in [1.165, 1.54) is 11.1 Å². The van der Waals surface area contributed by atoms with Gasteiger partial charge in [0.1, 0.15) is 5.75 Å². The number of fused-ring (bicyclic) bond motifs is 5. The van der Waals surface area contributed by atoms with Gasteiger partial charge in [0.25, 0.3) is 0 Å². The van der Waals surface area contributed by atoms with Crippen molar-refractivity contribution in [1.29, 1.82) is 0 Å². The summed E-state index contributed by atoms with van der Waals surface area (Å²) in [5, 5.41) is 21.8. The molecule has 5 unspecified atom stereocenters. The molecule has 2 N–H and O–H groups in total. The van der Waals surface area contributed by atoms with Crippen molar-refractivity contribution >= 4 is 6.08 Å². The molecule has 0 radical (unpaired) electrons. The van der Waals surface area contributed by atoms with E-state index in [1.54, 1.807) is 0 Å². The van der Waals surface area contributed by atoms with E-state index in [9.17, 15) is 10.2 Å². The summed E-state index contributed by atoms with van der Waals surface area (Å²) >= 11 is 0. The van der Waals surface area contributed by atoms with E-state index in [1.807, 2.05) is 37.4 Å². The van der Waals surface area contributed by atoms with Crippen molar-refractivity contribution in [2.24, 2.45) is 17.3 Å². The highest BCUT2D eigenvalue weighted by molar-refractivity contribution is 5.51. The quantitative estimate of drug-likeness (QED) is 0.728. The van der Waals surface area contributed by atoms with Crippen LogP contribution < -0.4 is 0 Å². The molecule has 5 rings (SSSR count). The Hall–Kier alpha value is -2.10. The highest BCUT2D eigenvalue weighted by Gasteiger charge is 2.63. The summed E-state index contributed by atoms with van der Waals surface area (Å²) in [6.45, 7) is 2.29. The summed E-state index contributed by atoms with van der Waals surface area (Å²) in [7, 11) is 1.81. The molecule has 0 bridgehead atoms. The highest BCUT2D eigenvalue weighted by Crippen LogP contribution is 2.65. The van der Waals surface area contributed by atoms with E-state index in [0.717, 1.165) is 37.7 Å². The minimum atomic E-state index is -0.815. The van der Waals surface area contributed by atoms with Gasteiger partial charge in [0.15, 0.2) is 0 Å². The van der Waals surface area contributed by atoms with Crippen LogP contribution in [0.2, 0.25) is 0 Å². The summed E-state index contributed by atoms with van der Waals surface area (Å²) in [6.07, 6.45) is 9.02. The zero-order chi connectivity index (χ0) is 20.9. The fourth-order valence-corrected chi connectivity index (χ4v) is 6.96. The van der Waals surface area contributed by atoms with E-state index in [2.05, 4.69) is 37.3 Å². The van der Waals surface area contributed by atoms with E-state index >= 15 is 0 Å². The third-order valence-corrected chi connectivity index (χ3v) is 8.53. The molecule has 30 heavy (non-hydrogen) atoms. The van der Waals surface area contributed by atoms with Gasteiger partial charge in [-0.2, -0.15) is 0 Å². The number of rotatable bonds is 3. The fraction of sp³-hybridized carbons (Fsp3) is 0.481. The molecule has 2 saturated carbocycles. The molecule has 3 aliphatic rings. The summed E-state index contributed by atoms with van der Waals surface area (Å²) in [6, 6.07) is 16.1.